The Morgan fingerprint density at radius 1 is 1.00 bits per heavy atom. The first-order valence-electron chi connectivity index (χ1n) is 19.2. The lowest BCUT2D eigenvalue weighted by Crippen LogP contribution is -2.49. The normalized spacial score (nSPS) is 25.5. The molecule has 10 nitrogen and oxygen atoms in total. The second-order valence-electron chi connectivity index (χ2n) is 16.0. The van der Waals surface area contributed by atoms with E-state index in [-0.39, 0.29) is 36.3 Å². The lowest BCUT2D eigenvalue weighted by Gasteiger charge is -2.49. The number of carbonyl (C=O) groups excluding carboxylic acids is 4. The van der Waals surface area contributed by atoms with Crippen molar-refractivity contribution in [2.75, 3.05) is 11.4 Å². The number of aryl methyl sites for hydroxylation is 2. The second kappa shape index (κ2) is 13.6. The molecule has 1 saturated carbocycles. The highest BCUT2D eigenvalue weighted by Crippen LogP contribution is 2.64. The van der Waals surface area contributed by atoms with Gasteiger partial charge in [-0.3, -0.25) is 28.8 Å². The van der Waals surface area contributed by atoms with Crippen LogP contribution in [0.2, 0.25) is 5.02 Å². The van der Waals surface area contributed by atoms with E-state index in [4.69, 9.17) is 16.7 Å². The minimum Gasteiger partial charge on any atom is -0.508 e. The van der Waals surface area contributed by atoms with Crippen molar-refractivity contribution in [1.82, 2.24) is 14.7 Å². The Hall–Kier alpha value is -5.52. The Bertz CT molecular complexity index is 2590. The van der Waals surface area contributed by atoms with E-state index in [1.807, 2.05) is 50.3 Å². The fraction of sp³-hybridized carbons (Fsp3) is 0.311. The Morgan fingerprint density at radius 2 is 1.77 bits per heavy atom. The number of para-hydroxylation sites is 1. The fourth-order valence-electron chi connectivity index (χ4n) is 10.1. The maximum absolute atomic E-state index is 15.2. The van der Waals surface area contributed by atoms with Crippen molar-refractivity contribution in [3.8, 4) is 22.1 Å². The predicted octanol–water partition coefficient (Wildman–Crippen LogP) is 7.88. The molecule has 2 aliphatic carbocycles. The van der Waals surface area contributed by atoms with Crippen LogP contribution in [-0.2, 0) is 39.1 Å². The van der Waals surface area contributed by atoms with Gasteiger partial charge in [0.2, 0.25) is 23.6 Å². The molecule has 0 bridgehead atoms. The number of nitrogens with zero attached hydrogens (tertiary/aromatic N) is 4. The molecule has 2 aromatic heterocycles. The molecule has 5 aromatic rings. The van der Waals surface area contributed by atoms with Crippen LogP contribution >= 0.6 is 22.9 Å². The van der Waals surface area contributed by atoms with Crippen LogP contribution in [0.1, 0.15) is 47.9 Å². The fourth-order valence-corrected chi connectivity index (χ4v) is 11.5. The topological polar surface area (TPSA) is 133 Å². The highest BCUT2D eigenvalue weighted by Gasteiger charge is 2.68. The zero-order valence-electron chi connectivity index (χ0n) is 31.7. The first kappa shape index (κ1) is 37.1. The third-order valence-corrected chi connectivity index (χ3v) is 14.5. The van der Waals surface area contributed by atoms with E-state index in [1.54, 1.807) is 65.5 Å². The summed E-state index contributed by atoms with van der Waals surface area (Å²) in [6.45, 7) is 7.87. The predicted molar refractivity (Wildman–Crippen MR) is 219 cm³/mol. The molecular weight excluding hydrogens is 760 g/mol. The number of benzene rings is 3. The molecular formula is C45H41ClN4O6S. The number of allylic oxidation sites excluding steroid dienone is 3. The lowest BCUT2D eigenvalue weighted by atomic mass is 9.51. The summed E-state index contributed by atoms with van der Waals surface area (Å²) in [5.74, 6) is -4.29. The van der Waals surface area contributed by atoms with Crippen molar-refractivity contribution in [2.45, 2.75) is 45.4 Å². The number of phenolic OH excluding ortho intramolecular Hbond substituents is 2. The zero-order valence-corrected chi connectivity index (χ0v) is 33.3. The number of likely N-dealkylation sites (tertiary alicyclic amines) is 1. The summed E-state index contributed by atoms with van der Waals surface area (Å²) < 4.78 is 2.60. The van der Waals surface area contributed by atoms with Gasteiger partial charge in [-0.15, -0.1) is 17.9 Å². The van der Waals surface area contributed by atoms with Crippen molar-refractivity contribution in [2.24, 2.45) is 36.1 Å². The van der Waals surface area contributed by atoms with Gasteiger partial charge in [0.15, 0.2) is 0 Å². The first-order valence-corrected chi connectivity index (χ1v) is 20.4. The molecule has 9 rings (SSSR count). The monoisotopic (exact) mass is 800 g/mol. The smallest absolute Gasteiger partial charge is 0.242 e. The standard InChI is InChI=1S/C45H41ClN4O6S/c1-5-7-25-8-6-9-30(39(25)52)38-28-15-16-29-37(43(55)49(41(29)53)19-18-24-10-13-27(51)14-11-24)32(28)21-33-42(54)50(44(56)45(33,38)3)36-22-34(47-48(36)4)40-23(2)31-20-26(46)12-17-35(31)57-40/h5-6,8-15,17,20,22,29,32-33,37-38,51-52H,1,7,16,18-19,21H2,2-4H3. The number of phenols is 2. The van der Waals surface area contributed by atoms with Crippen LogP contribution in [0.25, 0.3) is 20.7 Å². The molecule has 2 saturated heterocycles. The van der Waals surface area contributed by atoms with Gasteiger partial charge >= 0.3 is 0 Å². The Labute approximate surface area is 338 Å². The molecule has 6 atom stereocenters. The Balaban J connectivity index is 1.12. The van der Waals surface area contributed by atoms with Crippen molar-refractivity contribution in [3.63, 3.8) is 0 Å². The third-order valence-electron chi connectivity index (χ3n) is 13.0. The number of imide groups is 2. The summed E-state index contributed by atoms with van der Waals surface area (Å²) in [6, 6.07) is 19.7. The van der Waals surface area contributed by atoms with Gasteiger partial charge in [-0.2, -0.15) is 5.10 Å². The third kappa shape index (κ3) is 5.53. The molecule has 3 fully saturated rings. The largest absolute Gasteiger partial charge is 0.508 e. The number of amides is 4. The van der Waals surface area contributed by atoms with Crippen LogP contribution in [-0.4, -0.2) is 55.1 Å². The number of rotatable bonds is 8. The number of aromatic hydroxyl groups is 2. The van der Waals surface area contributed by atoms with E-state index >= 15 is 4.79 Å². The van der Waals surface area contributed by atoms with Crippen molar-refractivity contribution in [3.05, 3.63) is 118 Å². The van der Waals surface area contributed by atoms with Gasteiger partial charge < -0.3 is 10.2 Å². The summed E-state index contributed by atoms with van der Waals surface area (Å²) >= 11 is 7.89. The van der Waals surface area contributed by atoms with E-state index < -0.39 is 46.8 Å². The van der Waals surface area contributed by atoms with E-state index in [0.717, 1.165) is 31.7 Å². The van der Waals surface area contributed by atoms with Gasteiger partial charge in [-0.1, -0.05) is 59.7 Å². The molecule has 4 aliphatic rings. The van der Waals surface area contributed by atoms with Crippen LogP contribution in [0.3, 0.4) is 0 Å². The van der Waals surface area contributed by atoms with Gasteiger partial charge in [0.1, 0.15) is 23.0 Å². The number of fused-ring (bicyclic) bond motifs is 5. The molecule has 12 heteroatoms. The van der Waals surface area contributed by atoms with Gasteiger partial charge in [-0.05, 0) is 97.9 Å². The number of carbonyl (C=O) groups is 4. The molecule has 0 spiro atoms. The van der Waals surface area contributed by atoms with Crippen LogP contribution in [0.15, 0.2) is 91.0 Å². The maximum atomic E-state index is 15.2. The highest BCUT2D eigenvalue weighted by molar-refractivity contribution is 7.22. The summed E-state index contributed by atoms with van der Waals surface area (Å²) in [5, 5.41) is 28.1. The first-order chi connectivity index (χ1) is 27.3. The van der Waals surface area contributed by atoms with Gasteiger partial charge in [0, 0.05) is 40.9 Å². The number of aromatic nitrogens is 2. The summed E-state index contributed by atoms with van der Waals surface area (Å²) in [7, 11) is 1.72. The summed E-state index contributed by atoms with van der Waals surface area (Å²) in [4.78, 5) is 62.1. The van der Waals surface area contributed by atoms with Gasteiger partial charge in [-0.25, -0.2) is 4.90 Å². The summed E-state index contributed by atoms with van der Waals surface area (Å²) in [5.41, 5.74) is 3.10. The van der Waals surface area contributed by atoms with Crippen LogP contribution in [0.5, 0.6) is 11.5 Å². The highest BCUT2D eigenvalue weighted by atomic mass is 35.5. The van der Waals surface area contributed by atoms with Gasteiger partial charge in [0.05, 0.1) is 28.0 Å². The van der Waals surface area contributed by atoms with Crippen molar-refractivity contribution in [1.29, 1.82) is 0 Å². The van der Waals surface area contributed by atoms with E-state index in [0.29, 0.717) is 46.9 Å². The number of anilines is 1. The molecule has 4 amide bonds. The molecule has 57 heavy (non-hydrogen) atoms. The number of hydrogen-bond acceptors (Lipinski definition) is 8. The molecule has 3 aromatic carbocycles. The number of thiophene rings is 1. The molecule has 2 N–H and O–H groups in total. The SMILES string of the molecule is C=CCc1cccc(C2C3=CCC4C(=O)N(CCc5ccc(O)cc5)C(=O)C4C3CC3C(=O)N(c4cc(-c5sc6ccc(Cl)cc6c5C)nn4C)C(=O)C32C)c1O. The van der Waals surface area contributed by atoms with E-state index in [9.17, 15) is 24.6 Å². The average Bonchev–Trinajstić information content (AvgIpc) is 3.86. The summed E-state index contributed by atoms with van der Waals surface area (Å²) in [6.07, 6.45) is 5.01. The Morgan fingerprint density at radius 3 is 2.53 bits per heavy atom. The van der Waals surface area contributed by atoms with Crippen LogP contribution in [0, 0.1) is 36.0 Å². The minimum absolute atomic E-state index is 0.0252. The molecule has 290 valence electrons. The van der Waals surface area contributed by atoms with E-state index in [2.05, 4.69) is 6.58 Å². The quantitative estimate of drug-likeness (QED) is 0.121. The van der Waals surface area contributed by atoms with E-state index in [1.165, 1.54) is 9.80 Å². The molecule has 6 unspecified atom stereocenters. The average molecular weight is 801 g/mol. The molecule has 2 aliphatic heterocycles. The lowest BCUT2D eigenvalue weighted by molar-refractivity contribution is -0.140. The van der Waals surface area contributed by atoms with Gasteiger partial charge in [0.25, 0.3) is 0 Å². The number of hydrogen-bond donors (Lipinski definition) is 2. The van der Waals surface area contributed by atoms with Crippen molar-refractivity contribution < 1.29 is 29.4 Å². The second-order valence-corrected chi connectivity index (χ2v) is 17.5. The minimum atomic E-state index is -1.34. The van der Waals surface area contributed by atoms with Crippen LogP contribution in [0.4, 0.5) is 5.82 Å². The van der Waals surface area contributed by atoms with Crippen LogP contribution < -0.4 is 4.90 Å². The Kier molecular flexibility index (Phi) is 8.82. The van der Waals surface area contributed by atoms with Crippen molar-refractivity contribution >= 4 is 62.5 Å². The maximum Gasteiger partial charge on any atom is 0.242 e. The zero-order chi connectivity index (χ0) is 40.1. The molecule has 4 heterocycles. The molecule has 0 radical (unpaired) electrons. The number of halogens is 1.